The number of para-hydroxylation sites is 1. The first-order chi connectivity index (χ1) is 9.03. The maximum atomic E-state index is 6.26. The van der Waals surface area contributed by atoms with Gasteiger partial charge in [-0.05, 0) is 24.5 Å². The molecule has 0 spiro atoms. The Morgan fingerprint density at radius 3 is 2.79 bits per heavy atom. The predicted octanol–water partition coefficient (Wildman–Crippen LogP) is 3.82. The molecule has 3 heteroatoms. The lowest BCUT2D eigenvalue weighted by atomic mass is 10.0. The van der Waals surface area contributed by atoms with Crippen LogP contribution in [0, 0.1) is 0 Å². The van der Waals surface area contributed by atoms with Gasteiger partial charge in [-0.25, -0.2) is 0 Å². The molecule has 19 heavy (non-hydrogen) atoms. The number of nitrogens with two attached hydrogens (primary N) is 1. The molecule has 0 bridgehead atoms. The fourth-order valence-corrected chi connectivity index (χ4v) is 3.67. The molecular formula is C16H26N2S. The number of nitrogens with zero attached hydrogens (tertiary/aromatic N) is 1. The van der Waals surface area contributed by atoms with Crippen molar-refractivity contribution >= 4 is 17.4 Å². The van der Waals surface area contributed by atoms with E-state index in [-0.39, 0.29) is 6.04 Å². The fourth-order valence-electron chi connectivity index (χ4n) is 2.57. The van der Waals surface area contributed by atoms with E-state index in [9.17, 15) is 0 Å². The van der Waals surface area contributed by atoms with Gasteiger partial charge in [-0.1, -0.05) is 39.0 Å². The van der Waals surface area contributed by atoms with Gasteiger partial charge in [0.2, 0.25) is 0 Å². The molecule has 0 unspecified atom stereocenters. The van der Waals surface area contributed by atoms with Crippen LogP contribution in [0.1, 0.15) is 45.2 Å². The molecule has 1 aliphatic rings. The van der Waals surface area contributed by atoms with Crippen molar-refractivity contribution in [1.29, 1.82) is 0 Å². The van der Waals surface area contributed by atoms with E-state index in [2.05, 4.69) is 61.7 Å². The van der Waals surface area contributed by atoms with Crippen molar-refractivity contribution in [3.8, 4) is 0 Å². The van der Waals surface area contributed by atoms with Crippen LogP contribution in [0.3, 0.4) is 0 Å². The highest BCUT2D eigenvalue weighted by molar-refractivity contribution is 8.00. The Kier molecular flexibility index (Phi) is 4.80. The van der Waals surface area contributed by atoms with E-state index >= 15 is 0 Å². The first-order valence-corrected chi connectivity index (χ1v) is 8.25. The van der Waals surface area contributed by atoms with E-state index in [1.165, 1.54) is 23.4 Å². The monoisotopic (exact) mass is 278 g/mol. The number of anilines is 1. The Morgan fingerprint density at radius 1 is 1.32 bits per heavy atom. The summed E-state index contributed by atoms with van der Waals surface area (Å²) in [7, 11) is 0. The summed E-state index contributed by atoms with van der Waals surface area (Å²) in [6, 6.07) is 8.80. The largest absolute Gasteiger partial charge is 0.370 e. The zero-order valence-corrected chi connectivity index (χ0v) is 13.2. The lowest BCUT2D eigenvalue weighted by Crippen LogP contribution is -2.28. The van der Waals surface area contributed by atoms with Gasteiger partial charge in [0.1, 0.15) is 0 Å². The molecule has 0 saturated carbocycles. The van der Waals surface area contributed by atoms with Crippen LogP contribution in [0.2, 0.25) is 0 Å². The number of rotatable bonds is 3. The van der Waals surface area contributed by atoms with Crippen molar-refractivity contribution in [3.63, 3.8) is 0 Å². The van der Waals surface area contributed by atoms with Crippen molar-refractivity contribution in [3.05, 3.63) is 29.8 Å². The summed E-state index contributed by atoms with van der Waals surface area (Å²) in [5.41, 5.74) is 8.91. The van der Waals surface area contributed by atoms with E-state index < -0.39 is 0 Å². The molecule has 106 valence electrons. The average molecular weight is 278 g/mol. The SMILES string of the molecule is CC[C@H](N)c1ccccc1N1CCSC(C)(C)CC1. The van der Waals surface area contributed by atoms with Gasteiger partial charge in [-0.15, -0.1) is 0 Å². The first kappa shape index (κ1) is 14.7. The summed E-state index contributed by atoms with van der Waals surface area (Å²) in [4.78, 5) is 2.52. The van der Waals surface area contributed by atoms with Crippen LogP contribution >= 0.6 is 11.8 Å². The van der Waals surface area contributed by atoms with E-state index in [0.717, 1.165) is 19.5 Å². The molecule has 1 heterocycles. The number of benzene rings is 1. The normalized spacial score (nSPS) is 20.9. The highest BCUT2D eigenvalue weighted by Crippen LogP contribution is 2.34. The molecule has 0 amide bonds. The van der Waals surface area contributed by atoms with Gasteiger partial charge in [0.25, 0.3) is 0 Å². The summed E-state index contributed by atoms with van der Waals surface area (Å²) in [5, 5.41) is 0. The van der Waals surface area contributed by atoms with Crippen LogP contribution in [0.25, 0.3) is 0 Å². The molecule has 1 saturated heterocycles. The molecule has 2 N–H and O–H groups in total. The Labute approximate surface area is 121 Å². The van der Waals surface area contributed by atoms with Crippen LogP contribution in [0.5, 0.6) is 0 Å². The zero-order valence-electron chi connectivity index (χ0n) is 12.4. The van der Waals surface area contributed by atoms with Crippen LogP contribution in [-0.2, 0) is 0 Å². The van der Waals surface area contributed by atoms with Crippen molar-refractivity contribution in [2.24, 2.45) is 5.73 Å². The third-order valence-corrected chi connectivity index (χ3v) is 5.33. The van der Waals surface area contributed by atoms with E-state index in [0.29, 0.717) is 4.75 Å². The van der Waals surface area contributed by atoms with Crippen molar-refractivity contribution in [1.82, 2.24) is 0 Å². The van der Waals surface area contributed by atoms with Crippen molar-refractivity contribution < 1.29 is 0 Å². The maximum Gasteiger partial charge on any atom is 0.0414 e. The second kappa shape index (κ2) is 6.19. The fraction of sp³-hybridized carbons (Fsp3) is 0.625. The number of hydrogen-bond acceptors (Lipinski definition) is 3. The van der Waals surface area contributed by atoms with Gasteiger partial charge in [0, 0.05) is 35.3 Å². The average Bonchev–Trinajstić information content (AvgIpc) is 2.59. The van der Waals surface area contributed by atoms with E-state index in [1.807, 2.05) is 0 Å². The zero-order chi connectivity index (χ0) is 13.9. The molecule has 1 atom stereocenters. The molecule has 2 rings (SSSR count). The van der Waals surface area contributed by atoms with E-state index in [4.69, 9.17) is 5.73 Å². The van der Waals surface area contributed by atoms with Gasteiger partial charge >= 0.3 is 0 Å². The molecule has 0 aliphatic carbocycles. The Hall–Kier alpha value is -0.670. The molecule has 2 nitrogen and oxygen atoms in total. The standard InChI is InChI=1S/C16H26N2S/c1-4-14(17)13-7-5-6-8-15(13)18-10-9-16(2,3)19-12-11-18/h5-8,14H,4,9-12,17H2,1-3H3/t14-/m0/s1. The Balaban J connectivity index is 2.22. The van der Waals surface area contributed by atoms with Gasteiger partial charge in [-0.2, -0.15) is 11.8 Å². The van der Waals surface area contributed by atoms with Crippen molar-refractivity contribution in [2.75, 3.05) is 23.7 Å². The summed E-state index contributed by atoms with van der Waals surface area (Å²) in [6.07, 6.45) is 2.22. The number of thioether (sulfide) groups is 1. The first-order valence-electron chi connectivity index (χ1n) is 7.27. The highest BCUT2D eigenvalue weighted by Gasteiger charge is 2.25. The minimum absolute atomic E-state index is 0.153. The Morgan fingerprint density at radius 2 is 2.05 bits per heavy atom. The third-order valence-electron chi connectivity index (χ3n) is 3.95. The van der Waals surface area contributed by atoms with Gasteiger partial charge < -0.3 is 10.6 Å². The summed E-state index contributed by atoms with van der Waals surface area (Å²) < 4.78 is 0.399. The lowest BCUT2D eigenvalue weighted by molar-refractivity contribution is 0.632. The number of hydrogen-bond donors (Lipinski definition) is 1. The molecule has 0 radical (unpaired) electrons. The molecular weight excluding hydrogens is 252 g/mol. The molecule has 1 aromatic rings. The van der Waals surface area contributed by atoms with E-state index in [1.54, 1.807) is 0 Å². The summed E-state index contributed by atoms with van der Waals surface area (Å²) >= 11 is 2.09. The third kappa shape index (κ3) is 3.67. The van der Waals surface area contributed by atoms with Gasteiger partial charge in [0.05, 0.1) is 0 Å². The second-order valence-electron chi connectivity index (χ2n) is 5.92. The van der Waals surface area contributed by atoms with Crippen LogP contribution in [-0.4, -0.2) is 23.6 Å². The summed E-state index contributed by atoms with van der Waals surface area (Å²) in [5.74, 6) is 1.20. The molecule has 0 aromatic heterocycles. The summed E-state index contributed by atoms with van der Waals surface area (Å²) in [6.45, 7) is 9.12. The smallest absolute Gasteiger partial charge is 0.0414 e. The quantitative estimate of drug-likeness (QED) is 0.911. The van der Waals surface area contributed by atoms with Crippen LogP contribution < -0.4 is 10.6 Å². The minimum Gasteiger partial charge on any atom is -0.370 e. The highest BCUT2D eigenvalue weighted by atomic mass is 32.2. The maximum absolute atomic E-state index is 6.26. The van der Waals surface area contributed by atoms with Crippen LogP contribution in [0.15, 0.2) is 24.3 Å². The molecule has 1 aromatic carbocycles. The van der Waals surface area contributed by atoms with Crippen molar-refractivity contribution in [2.45, 2.75) is 44.4 Å². The lowest BCUT2D eigenvalue weighted by Gasteiger charge is -2.28. The minimum atomic E-state index is 0.153. The second-order valence-corrected chi connectivity index (χ2v) is 7.72. The predicted molar refractivity (Wildman–Crippen MR) is 87.0 cm³/mol. The molecule has 1 aliphatic heterocycles. The molecule has 1 fully saturated rings. The Bertz CT molecular complexity index is 417. The van der Waals surface area contributed by atoms with Crippen LogP contribution in [0.4, 0.5) is 5.69 Å². The topological polar surface area (TPSA) is 29.3 Å². The van der Waals surface area contributed by atoms with Gasteiger partial charge in [0.15, 0.2) is 0 Å². The van der Waals surface area contributed by atoms with Gasteiger partial charge in [-0.3, -0.25) is 0 Å².